The fraction of sp³-hybridized carbons (Fsp3) is 0.733. The molecule has 0 radical (unpaired) electrons. The number of hydroxylamine groups is 1. The highest BCUT2D eigenvalue weighted by Crippen LogP contribution is 2.02. The molecule has 0 aliphatic carbocycles. The minimum absolute atomic E-state index is 0.00473. The average molecular weight is 345 g/mol. The number of Topliss-reactive ketones (excluding diaryl/α,β-unsaturated/α-hetero) is 1. The molecule has 0 aromatic heterocycles. The molecule has 0 aliphatic rings. The Morgan fingerprint density at radius 2 is 1.67 bits per heavy atom. The molecule has 138 valence electrons. The van der Waals surface area contributed by atoms with Gasteiger partial charge in [-0.25, -0.2) is 4.79 Å². The topological polar surface area (TPSA) is 145 Å². The summed E-state index contributed by atoms with van der Waals surface area (Å²) in [4.78, 5) is 45.0. The van der Waals surface area contributed by atoms with Crippen LogP contribution < -0.4 is 16.1 Å². The second kappa shape index (κ2) is 12.4. The maximum absolute atomic E-state index is 11.7. The number of carbonyl (C=O) groups excluding carboxylic acids is 3. The third-order valence-corrected chi connectivity index (χ3v) is 3.50. The number of hydrogen-bond acceptors (Lipinski definition) is 6. The van der Waals surface area contributed by atoms with Crippen molar-refractivity contribution in [3.63, 3.8) is 0 Å². The summed E-state index contributed by atoms with van der Waals surface area (Å²) < 4.78 is 0. The van der Waals surface area contributed by atoms with Gasteiger partial charge in [-0.1, -0.05) is 6.92 Å². The molecule has 9 nitrogen and oxygen atoms in total. The van der Waals surface area contributed by atoms with Crippen molar-refractivity contribution < 1.29 is 29.5 Å². The first kappa shape index (κ1) is 22.0. The maximum atomic E-state index is 11.7. The van der Waals surface area contributed by atoms with E-state index in [1.165, 1.54) is 6.92 Å². The smallest absolute Gasteiger partial charge is 0.326 e. The molecule has 24 heavy (non-hydrogen) atoms. The van der Waals surface area contributed by atoms with Crippen LogP contribution in [0.15, 0.2) is 0 Å². The van der Waals surface area contributed by atoms with Crippen molar-refractivity contribution >= 4 is 23.6 Å². The van der Waals surface area contributed by atoms with Gasteiger partial charge in [0.25, 0.3) is 0 Å². The molecular formula is C15H27N3O6. The molecule has 0 bridgehead atoms. The van der Waals surface area contributed by atoms with Crippen molar-refractivity contribution in [1.29, 1.82) is 0 Å². The molecule has 0 aliphatic heterocycles. The van der Waals surface area contributed by atoms with Gasteiger partial charge < -0.3 is 20.9 Å². The van der Waals surface area contributed by atoms with E-state index in [-0.39, 0.29) is 36.9 Å². The van der Waals surface area contributed by atoms with Gasteiger partial charge in [0.05, 0.1) is 6.04 Å². The average Bonchev–Trinajstić information content (AvgIpc) is 2.53. The van der Waals surface area contributed by atoms with Crippen molar-refractivity contribution in [2.75, 3.05) is 6.54 Å². The molecule has 0 saturated carbocycles. The normalized spacial score (nSPS) is 13.0. The fourth-order valence-electron chi connectivity index (χ4n) is 1.98. The van der Waals surface area contributed by atoms with Gasteiger partial charge in [0.15, 0.2) is 0 Å². The monoisotopic (exact) mass is 345 g/mol. The van der Waals surface area contributed by atoms with E-state index in [1.807, 2.05) is 5.48 Å². The van der Waals surface area contributed by atoms with E-state index in [4.69, 9.17) is 10.3 Å². The number of ketones is 1. The van der Waals surface area contributed by atoms with Gasteiger partial charge in [-0.2, -0.15) is 5.48 Å². The van der Waals surface area contributed by atoms with Crippen molar-refractivity contribution in [2.45, 2.75) is 64.5 Å². The van der Waals surface area contributed by atoms with Crippen molar-refractivity contribution in [1.82, 2.24) is 16.1 Å². The van der Waals surface area contributed by atoms with Gasteiger partial charge in [-0.05, 0) is 32.6 Å². The molecule has 0 spiro atoms. The number of rotatable bonds is 13. The summed E-state index contributed by atoms with van der Waals surface area (Å²) in [6, 6.07) is -1.67. The Hall–Kier alpha value is -2.00. The summed E-state index contributed by atoms with van der Waals surface area (Å²) in [5, 5.41) is 22.8. The third kappa shape index (κ3) is 9.90. The van der Waals surface area contributed by atoms with E-state index in [9.17, 15) is 19.2 Å². The lowest BCUT2D eigenvalue weighted by Crippen LogP contribution is -2.41. The van der Waals surface area contributed by atoms with Gasteiger partial charge >= 0.3 is 5.97 Å². The van der Waals surface area contributed by atoms with Crippen molar-refractivity contribution in [3.05, 3.63) is 0 Å². The Labute approximate surface area is 141 Å². The van der Waals surface area contributed by atoms with Gasteiger partial charge in [0.2, 0.25) is 11.8 Å². The molecule has 0 saturated heterocycles. The highest BCUT2D eigenvalue weighted by molar-refractivity contribution is 5.84. The quantitative estimate of drug-likeness (QED) is 0.233. The predicted octanol–water partition coefficient (Wildman–Crippen LogP) is -0.0311. The summed E-state index contributed by atoms with van der Waals surface area (Å²) in [6.07, 6.45) is 1.93. The van der Waals surface area contributed by atoms with E-state index in [1.54, 1.807) is 6.92 Å². The molecule has 2 unspecified atom stereocenters. The Kier molecular flexibility index (Phi) is 11.4. The van der Waals surface area contributed by atoms with Crippen LogP contribution in [0.4, 0.5) is 0 Å². The second-order valence-electron chi connectivity index (χ2n) is 5.49. The highest BCUT2D eigenvalue weighted by atomic mass is 16.5. The Morgan fingerprint density at radius 3 is 2.17 bits per heavy atom. The minimum Gasteiger partial charge on any atom is -0.480 e. The zero-order chi connectivity index (χ0) is 18.5. The van der Waals surface area contributed by atoms with Crippen LogP contribution >= 0.6 is 0 Å². The standard InChI is InChI=1S/C15H27N3O6/c1-3-13(20)17-12(15(22)23)7-8-14(21)16-9-5-4-6-11(18-24)10(2)19/h11-12,18,24H,3-9H2,1-2H3,(H,16,21)(H,17,20)(H,22,23). The van der Waals surface area contributed by atoms with Crippen LogP contribution in [0.5, 0.6) is 0 Å². The summed E-state index contributed by atoms with van der Waals surface area (Å²) in [7, 11) is 0. The minimum atomic E-state index is -1.17. The van der Waals surface area contributed by atoms with Crippen LogP contribution in [0.3, 0.4) is 0 Å². The molecule has 5 N–H and O–H groups in total. The molecule has 2 atom stereocenters. The number of hydrogen-bond donors (Lipinski definition) is 5. The van der Waals surface area contributed by atoms with Crippen LogP contribution in [0, 0.1) is 0 Å². The number of amides is 2. The molecular weight excluding hydrogens is 318 g/mol. The first-order chi connectivity index (χ1) is 11.3. The molecule has 0 fully saturated rings. The molecule has 0 aromatic rings. The largest absolute Gasteiger partial charge is 0.480 e. The number of nitrogens with one attached hydrogen (secondary N) is 3. The number of carbonyl (C=O) groups is 4. The highest BCUT2D eigenvalue weighted by Gasteiger charge is 2.20. The van der Waals surface area contributed by atoms with E-state index in [0.29, 0.717) is 25.8 Å². The van der Waals surface area contributed by atoms with Crippen LogP contribution in [0.25, 0.3) is 0 Å². The molecule has 2 amide bonds. The first-order valence-electron chi connectivity index (χ1n) is 8.00. The number of carboxylic acid groups (broad SMARTS) is 1. The van der Waals surface area contributed by atoms with Crippen LogP contribution in [-0.4, -0.2) is 52.5 Å². The predicted molar refractivity (Wildman–Crippen MR) is 85.3 cm³/mol. The number of carboxylic acids is 1. The summed E-state index contributed by atoms with van der Waals surface area (Å²) >= 11 is 0. The molecule has 0 rings (SSSR count). The summed E-state index contributed by atoms with van der Waals surface area (Å²) in [5.74, 6) is -2.00. The lowest BCUT2D eigenvalue weighted by molar-refractivity contribution is -0.142. The van der Waals surface area contributed by atoms with Gasteiger partial charge in [0, 0.05) is 19.4 Å². The van der Waals surface area contributed by atoms with Crippen LogP contribution in [0.2, 0.25) is 0 Å². The Balaban J connectivity index is 3.94. The summed E-state index contributed by atoms with van der Waals surface area (Å²) in [5.41, 5.74) is 1.94. The van der Waals surface area contributed by atoms with E-state index < -0.39 is 18.1 Å². The van der Waals surface area contributed by atoms with Gasteiger partial charge in [-0.15, -0.1) is 0 Å². The lowest BCUT2D eigenvalue weighted by atomic mass is 10.1. The maximum Gasteiger partial charge on any atom is 0.326 e. The SMILES string of the molecule is CCC(=O)NC(CCC(=O)NCCCCC(NO)C(C)=O)C(=O)O. The first-order valence-corrected chi connectivity index (χ1v) is 8.00. The van der Waals surface area contributed by atoms with Crippen molar-refractivity contribution in [3.8, 4) is 0 Å². The van der Waals surface area contributed by atoms with E-state index in [0.717, 1.165) is 0 Å². The Morgan fingerprint density at radius 1 is 1.00 bits per heavy atom. The lowest BCUT2D eigenvalue weighted by Gasteiger charge is -2.14. The second-order valence-corrected chi connectivity index (χ2v) is 5.49. The summed E-state index contributed by atoms with van der Waals surface area (Å²) in [6.45, 7) is 3.39. The van der Waals surface area contributed by atoms with Gasteiger partial charge in [-0.3, -0.25) is 14.4 Å². The molecule has 9 heteroatoms. The number of aliphatic carboxylic acids is 1. The van der Waals surface area contributed by atoms with Crippen LogP contribution in [-0.2, 0) is 19.2 Å². The van der Waals surface area contributed by atoms with E-state index in [2.05, 4.69) is 10.6 Å². The molecule has 0 heterocycles. The van der Waals surface area contributed by atoms with E-state index >= 15 is 0 Å². The zero-order valence-electron chi connectivity index (χ0n) is 14.1. The third-order valence-electron chi connectivity index (χ3n) is 3.50. The Bertz CT molecular complexity index is 441. The fourth-order valence-corrected chi connectivity index (χ4v) is 1.98. The zero-order valence-corrected chi connectivity index (χ0v) is 14.1. The number of unbranched alkanes of at least 4 members (excludes halogenated alkanes) is 1. The van der Waals surface area contributed by atoms with Crippen molar-refractivity contribution in [2.24, 2.45) is 0 Å². The van der Waals surface area contributed by atoms with Gasteiger partial charge in [0.1, 0.15) is 11.8 Å². The van der Waals surface area contributed by atoms with Crippen LogP contribution in [0.1, 0.15) is 52.4 Å². The molecule has 0 aromatic carbocycles.